The van der Waals surface area contributed by atoms with Crippen molar-refractivity contribution in [1.82, 2.24) is 15.0 Å². The maximum absolute atomic E-state index is 13.6. The van der Waals surface area contributed by atoms with Crippen molar-refractivity contribution < 1.29 is 14.4 Å². The molecule has 7 nitrogen and oxygen atoms in total. The highest BCUT2D eigenvalue weighted by molar-refractivity contribution is 6.33. The lowest BCUT2D eigenvalue weighted by atomic mass is 9.98. The van der Waals surface area contributed by atoms with Crippen LogP contribution in [0.2, 0.25) is 5.02 Å². The van der Waals surface area contributed by atoms with Gasteiger partial charge in [-0.2, -0.15) is 0 Å². The van der Waals surface area contributed by atoms with Gasteiger partial charge in [-0.05, 0) is 48.9 Å². The van der Waals surface area contributed by atoms with Gasteiger partial charge in [-0.1, -0.05) is 42.4 Å². The predicted molar refractivity (Wildman–Crippen MR) is 141 cm³/mol. The second kappa shape index (κ2) is 10.7. The molecule has 0 bridgehead atoms. The molecule has 0 fully saturated rings. The molecule has 0 radical (unpaired) electrons. The van der Waals surface area contributed by atoms with Crippen molar-refractivity contribution in [1.29, 1.82) is 0 Å². The summed E-state index contributed by atoms with van der Waals surface area (Å²) in [5.74, 6) is -0.538. The summed E-state index contributed by atoms with van der Waals surface area (Å²) in [6.07, 6.45) is 3.21. The molecule has 0 unspecified atom stereocenters. The largest absolute Gasteiger partial charge is 0.308 e. The molecule has 2 aromatic heterocycles. The van der Waals surface area contributed by atoms with Crippen LogP contribution < -0.4 is 11.0 Å². The number of aromatic nitrogens is 2. The summed E-state index contributed by atoms with van der Waals surface area (Å²) in [6, 6.07) is 15.8. The zero-order valence-electron chi connectivity index (χ0n) is 19.9. The van der Waals surface area contributed by atoms with Gasteiger partial charge in [0.1, 0.15) is 0 Å². The lowest BCUT2D eigenvalue weighted by Crippen LogP contribution is -2.23. The van der Waals surface area contributed by atoms with Crippen LogP contribution in [0.3, 0.4) is 0 Å². The summed E-state index contributed by atoms with van der Waals surface area (Å²) >= 11 is 6.45. The Balaban J connectivity index is 1.88. The number of pyridine rings is 2. The van der Waals surface area contributed by atoms with Crippen LogP contribution in [-0.4, -0.2) is 28.4 Å². The molecule has 0 saturated carbocycles. The second-order valence-electron chi connectivity index (χ2n) is 8.07. The van der Waals surface area contributed by atoms with Crippen LogP contribution in [0.4, 0.5) is 0 Å². The number of hydrogen-bond donors (Lipinski definition) is 1. The van der Waals surface area contributed by atoms with Crippen LogP contribution in [0.25, 0.3) is 33.3 Å². The summed E-state index contributed by atoms with van der Waals surface area (Å²) in [5, 5.41) is 1.08. The Kier molecular flexibility index (Phi) is 7.43. The summed E-state index contributed by atoms with van der Waals surface area (Å²) in [5.41, 5.74) is 6.11. The normalized spacial score (nSPS) is 10.9. The molecule has 2 aromatic carbocycles. The molecule has 0 aliphatic carbocycles. The SMILES string of the molecule is C=CC(=O)Cc1ccccc1-c1cc2c(cn1)cc(-c1cc(C(=O)NOC)ccc1Cl)c(=O)n2CC. The van der Waals surface area contributed by atoms with E-state index in [9.17, 15) is 14.4 Å². The Morgan fingerprint density at radius 1 is 1.11 bits per heavy atom. The van der Waals surface area contributed by atoms with Gasteiger partial charge in [0, 0.05) is 51.8 Å². The molecule has 1 amide bonds. The van der Waals surface area contributed by atoms with Crippen LogP contribution in [0.15, 0.2) is 78.2 Å². The number of hydrogen-bond acceptors (Lipinski definition) is 5. The summed E-state index contributed by atoms with van der Waals surface area (Å²) in [7, 11) is 1.34. The van der Waals surface area contributed by atoms with Crippen molar-refractivity contribution in [3.63, 3.8) is 0 Å². The summed E-state index contributed by atoms with van der Waals surface area (Å²) < 4.78 is 1.64. The zero-order chi connectivity index (χ0) is 25.8. The lowest BCUT2D eigenvalue weighted by molar-refractivity contribution is -0.114. The molecule has 0 saturated heterocycles. The maximum Gasteiger partial charge on any atom is 0.274 e. The first kappa shape index (κ1) is 25.0. The monoisotopic (exact) mass is 501 g/mol. The van der Waals surface area contributed by atoms with E-state index in [1.165, 1.54) is 13.2 Å². The van der Waals surface area contributed by atoms with Crippen molar-refractivity contribution in [3.05, 3.63) is 100.0 Å². The van der Waals surface area contributed by atoms with Crippen LogP contribution in [0.1, 0.15) is 22.8 Å². The third-order valence-corrected chi connectivity index (χ3v) is 6.22. The molecule has 8 heteroatoms. The molecule has 1 N–H and O–H groups in total. The number of rotatable bonds is 8. The van der Waals surface area contributed by atoms with Gasteiger partial charge < -0.3 is 4.57 Å². The molecule has 36 heavy (non-hydrogen) atoms. The number of carbonyl (C=O) groups excluding carboxylic acids is 2. The maximum atomic E-state index is 13.6. The average molecular weight is 502 g/mol. The minimum absolute atomic E-state index is 0.0864. The van der Waals surface area contributed by atoms with Crippen LogP contribution in [0, 0.1) is 0 Å². The Labute approximate surface area is 213 Å². The van der Waals surface area contributed by atoms with Crippen molar-refractivity contribution in [3.8, 4) is 22.4 Å². The summed E-state index contributed by atoms with van der Waals surface area (Å²) in [6.45, 7) is 5.84. The Morgan fingerprint density at radius 2 is 1.89 bits per heavy atom. The number of halogens is 1. The third kappa shape index (κ3) is 4.84. The molecule has 4 rings (SSSR count). The van der Waals surface area contributed by atoms with Gasteiger partial charge >= 0.3 is 0 Å². The molecular formula is C28H24ClN3O4. The van der Waals surface area contributed by atoms with E-state index in [-0.39, 0.29) is 17.8 Å². The lowest BCUT2D eigenvalue weighted by Gasteiger charge is -2.15. The fourth-order valence-corrected chi connectivity index (χ4v) is 4.35. The van der Waals surface area contributed by atoms with Gasteiger partial charge in [0.25, 0.3) is 11.5 Å². The van der Waals surface area contributed by atoms with E-state index in [1.54, 1.807) is 35.0 Å². The smallest absolute Gasteiger partial charge is 0.274 e. The first-order valence-electron chi connectivity index (χ1n) is 11.3. The molecule has 0 spiro atoms. The second-order valence-corrected chi connectivity index (χ2v) is 8.48. The van der Waals surface area contributed by atoms with Gasteiger partial charge in [0.05, 0.1) is 18.3 Å². The molecular weight excluding hydrogens is 478 g/mol. The third-order valence-electron chi connectivity index (χ3n) is 5.89. The molecule has 0 aliphatic rings. The molecule has 2 heterocycles. The van der Waals surface area contributed by atoms with E-state index in [0.717, 1.165) is 16.5 Å². The van der Waals surface area contributed by atoms with Crippen LogP contribution in [-0.2, 0) is 22.6 Å². The Morgan fingerprint density at radius 3 is 2.61 bits per heavy atom. The number of allylic oxidation sites excluding steroid dienone is 1. The number of ketones is 1. The first-order chi connectivity index (χ1) is 17.4. The molecule has 182 valence electrons. The standard InChI is InChI=1S/C28H24ClN3O4/c1-4-20(33)12-17-8-6-7-9-21(17)25-15-26-19(16-30-25)14-23(28(35)32(26)5-2)22-13-18(10-11-24(22)29)27(34)31-36-3/h4,6-11,13-16H,1,5,12H2,2-3H3,(H,31,34). The minimum atomic E-state index is -0.452. The average Bonchev–Trinajstić information content (AvgIpc) is 2.89. The first-order valence-corrected chi connectivity index (χ1v) is 11.7. The molecule has 0 aliphatic heterocycles. The Bertz CT molecular complexity index is 1560. The Hall–Kier alpha value is -4.07. The highest BCUT2D eigenvalue weighted by Crippen LogP contribution is 2.31. The van der Waals surface area contributed by atoms with Crippen molar-refractivity contribution in [2.75, 3.05) is 7.11 Å². The number of nitrogens with zero attached hydrogens (tertiary/aromatic N) is 2. The van der Waals surface area contributed by atoms with Crippen molar-refractivity contribution in [2.45, 2.75) is 19.9 Å². The number of carbonyl (C=O) groups is 2. The highest BCUT2D eigenvalue weighted by atomic mass is 35.5. The van der Waals surface area contributed by atoms with E-state index in [1.807, 2.05) is 37.3 Å². The quantitative estimate of drug-likeness (QED) is 0.271. The topological polar surface area (TPSA) is 90.3 Å². The van der Waals surface area contributed by atoms with E-state index < -0.39 is 5.91 Å². The van der Waals surface area contributed by atoms with Crippen molar-refractivity contribution >= 4 is 34.2 Å². The van der Waals surface area contributed by atoms with Gasteiger partial charge in [-0.15, -0.1) is 0 Å². The predicted octanol–water partition coefficient (Wildman–Crippen LogP) is 4.99. The zero-order valence-corrected chi connectivity index (χ0v) is 20.6. The number of benzene rings is 2. The minimum Gasteiger partial charge on any atom is -0.308 e. The number of hydroxylamine groups is 1. The van der Waals surface area contributed by atoms with Gasteiger partial charge in [-0.25, -0.2) is 5.48 Å². The van der Waals surface area contributed by atoms with Crippen molar-refractivity contribution in [2.24, 2.45) is 0 Å². The molecule has 4 aromatic rings. The molecule has 0 atom stereocenters. The fourth-order valence-electron chi connectivity index (χ4n) is 4.14. The number of nitrogens with one attached hydrogen (secondary N) is 1. The van der Waals surface area contributed by atoms with E-state index >= 15 is 0 Å². The van der Waals surface area contributed by atoms with Gasteiger partial charge in [0.2, 0.25) is 0 Å². The van der Waals surface area contributed by atoms with Crippen LogP contribution >= 0.6 is 11.6 Å². The van der Waals surface area contributed by atoms with E-state index in [0.29, 0.717) is 39.5 Å². The van der Waals surface area contributed by atoms with E-state index in [2.05, 4.69) is 17.0 Å². The number of fused-ring (bicyclic) bond motifs is 1. The van der Waals surface area contributed by atoms with Gasteiger partial charge in [0.15, 0.2) is 5.78 Å². The number of aryl methyl sites for hydroxylation is 1. The summed E-state index contributed by atoms with van der Waals surface area (Å²) in [4.78, 5) is 47.2. The van der Waals surface area contributed by atoms with Gasteiger partial charge in [-0.3, -0.25) is 24.2 Å². The fraction of sp³-hybridized carbons (Fsp3) is 0.143. The number of amides is 1. The van der Waals surface area contributed by atoms with E-state index in [4.69, 9.17) is 16.4 Å². The van der Waals surface area contributed by atoms with Crippen LogP contribution in [0.5, 0.6) is 0 Å². The highest BCUT2D eigenvalue weighted by Gasteiger charge is 2.17.